The molecule has 2 amide bonds. The van der Waals surface area contributed by atoms with Gasteiger partial charge in [0.25, 0.3) is 11.8 Å². The first-order chi connectivity index (χ1) is 17.4. The molecule has 4 aromatic rings. The number of anilines is 1. The van der Waals surface area contributed by atoms with Crippen molar-refractivity contribution in [3.05, 3.63) is 100 Å². The molecule has 1 aliphatic rings. The molecule has 36 heavy (non-hydrogen) atoms. The molecule has 1 aromatic heterocycles. The number of halogens is 1. The summed E-state index contributed by atoms with van der Waals surface area (Å²) in [6.07, 6.45) is 0. The Balaban J connectivity index is 1.36. The second-order valence-electron chi connectivity index (χ2n) is 7.77. The number of aromatic nitrogens is 2. The van der Waals surface area contributed by atoms with E-state index < -0.39 is 30.1 Å². The largest absolute Gasteiger partial charge is 0.507 e. The van der Waals surface area contributed by atoms with Crippen LogP contribution >= 0.6 is 11.6 Å². The number of allylic oxidation sites excluding steroid dienone is 1. The number of hydrogen-bond acceptors (Lipinski definition) is 7. The number of imide groups is 1. The molecule has 0 saturated carbocycles. The molecule has 0 fully saturated rings. The topological polar surface area (TPSA) is 136 Å². The zero-order chi connectivity index (χ0) is 25.4. The number of H-pyrrole nitrogens is 1. The molecule has 1 aliphatic heterocycles. The van der Waals surface area contributed by atoms with E-state index in [1.165, 1.54) is 18.2 Å². The normalized spacial score (nSPS) is 13.4. The lowest BCUT2D eigenvalue weighted by atomic mass is 10.1. The molecule has 0 bridgehead atoms. The fourth-order valence-electron chi connectivity index (χ4n) is 3.83. The van der Waals surface area contributed by atoms with Crippen LogP contribution in [0, 0.1) is 11.3 Å². The number of aliphatic hydroxyl groups excluding tert-OH is 1. The van der Waals surface area contributed by atoms with Crippen molar-refractivity contribution in [2.45, 2.75) is 0 Å². The van der Waals surface area contributed by atoms with E-state index in [1.807, 2.05) is 6.07 Å². The predicted molar refractivity (Wildman–Crippen MR) is 131 cm³/mol. The van der Waals surface area contributed by atoms with Gasteiger partial charge in [0.1, 0.15) is 18.2 Å². The van der Waals surface area contributed by atoms with Crippen molar-refractivity contribution >= 4 is 51.7 Å². The maximum absolute atomic E-state index is 13.0. The molecular weight excluding hydrogens is 484 g/mol. The van der Waals surface area contributed by atoms with Gasteiger partial charge in [0.05, 0.1) is 38.4 Å². The van der Waals surface area contributed by atoms with Crippen LogP contribution < -0.4 is 4.90 Å². The molecule has 0 radical (unpaired) electrons. The van der Waals surface area contributed by atoms with Crippen LogP contribution in [-0.2, 0) is 4.74 Å². The van der Waals surface area contributed by atoms with Crippen LogP contribution in [0.25, 0.3) is 16.6 Å². The monoisotopic (exact) mass is 498 g/mol. The van der Waals surface area contributed by atoms with Crippen molar-refractivity contribution in [2.24, 2.45) is 0 Å². The standard InChI is InChI=1S/C26H15ClN4O5/c27-18-5-1-4-8-21(18)31-24(33)15-10-9-14(11-16(15)25(31)34)26(35)36-13-22(32)17(12-28)23-29-19-6-2-3-7-20(19)30-23/h1-11,32H,13H2,(H,29,30)/b22-17-. The van der Waals surface area contributed by atoms with Crippen molar-refractivity contribution in [2.75, 3.05) is 11.5 Å². The SMILES string of the molecule is N#C/C(=C(/O)COC(=O)c1ccc2c(c1)C(=O)N(c1ccccc1Cl)C2=O)c1nc2ccccc2[nH]1. The molecule has 9 nitrogen and oxygen atoms in total. The third-order valence-electron chi connectivity index (χ3n) is 5.58. The quantitative estimate of drug-likeness (QED) is 0.176. The van der Waals surface area contributed by atoms with Gasteiger partial charge >= 0.3 is 5.97 Å². The number of aliphatic hydroxyl groups is 1. The number of rotatable bonds is 5. The Kier molecular flexibility index (Phi) is 5.72. The third-order valence-corrected chi connectivity index (χ3v) is 5.90. The molecule has 0 spiro atoms. The van der Waals surface area contributed by atoms with Gasteiger partial charge in [0, 0.05) is 0 Å². The van der Waals surface area contributed by atoms with Crippen molar-refractivity contribution in [1.82, 2.24) is 9.97 Å². The summed E-state index contributed by atoms with van der Waals surface area (Å²) < 4.78 is 5.15. The summed E-state index contributed by atoms with van der Waals surface area (Å²) in [4.78, 5) is 46.6. The second kappa shape index (κ2) is 9.02. The van der Waals surface area contributed by atoms with Crippen molar-refractivity contribution in [3.8, 4) is 6.07 Å². The first-order valence-corrected chi connectivity index (χ1v) is 11.0. The number of carbonyl (C=O) groups excluding carboxylic acids is 3. The van der Waals surface area contributed by atoms with Crippen LogP contribution in [0.2, 0.25) is 5.02 Å². The summed E-state index contributed by atoms with van der Waals surface area (Å²) in [5.74, 6) is -2.41. The number of ether oxygens (including phenoxy) is 1. The number of para-hydroxylation sites is 3. The summed E-state index contributed by atoms with van der Waals surface area (Å²) in [6.45, 7) is -0.603. The summed E-state index contributed by atoms with van der Waals surface area (Å²) in [5.41, 5.74) is 1.47. The van der Waals surface area contributed by atoms with Crippen LogP contribution in [0.15, 0.2) is 72.5 Å². The molecule has 2 N–H and O–H groups in total. The first kappa shape index (κ1) is 22.8. The molecule has 0 atom stereocenters. The van der Waals surface area contributed by atoms with Gasteiger partial charge < -0.3 is 14.8 Å². The van der Waals surface area contributed by atoms with Crippen LogP contribution in [0.3, 0.4) is 0 Å². The van der Waals surface area contributed by atoms with Gasteiger partial charge in [-0.1, -0.05) is 35.9 Å². The summed E-state index contributed by atoms with van der Waals surface area (Å²) >= 11 is 6.16. The Hall–Kier alpha value is -4.94. The highest BCUT2D eigenvalue weighted by Gasteiger charge is 2.38. The number of nitrogens with one attached hydrogen (secondary N) is 1. The summed E-state index contributed by atoms with van der Waals surface area (Å²) in [5, 5.41) is 20.1. The van der Waals surface area contributed by atoms with Gasteiger partial charge in [0.15, 0.2) is 11.6 Å². The van der Waals surface area contributed by atoms with E-state index in [4.69, 9.17) is 16.3 Å². The second-order valence-corrected chi connectivity index (χ2v) is 8.18. The minimum atomic E-state index is -0.859. The average Bonchev–Trinajstić information content (AvgIpc) is 3.42. The molecule has 176 valence electrons. The molecule has 0 unspecified atom stereocenters. The van der Waals surface area contributed by atoms with Gasteiger partial charge in [-0.3, -0.25) is 9.59 Å². The van der Waals surface area contributed by atoms with E-state index in [9.17, 15) is 24.8 Å². The van der Waals surface area contributed by atoms with E-state index in [1.54, 1.807) is 48.5 Å². The molecule has 0 saturated heterocycles. The van der Waals surface area contributed by atoms with Crippen molar-refractivity contribution in [3.63, 3.8) is 0 Å². The van der Waals surface area contributed by atoms with Crippen molar-refractivity contribution in [1.29, 1.82) is 5.26 Å². The molecule has 10 heteroatoms. The first-order valence-electron chi connectivity index (χ1n) is 10.6. The number of benzene rings is 3. The number of imidazole rings is 1. The van der Waals surface area contributed by atoms with E-state index in [0.29, 0.717) is 11.0 Å². The lowest BCUT2D eigenvalue weighted by molar-refractivity contribution is 0.0502. The Morgan fingerprint density at radius 1 is 1.06 bits per heavy atom. The number of nitrogens with zero attached hydrogens (tertiary/aromatic N) is 3. The lowest BCUT2D eigenvalue weighted by Crippen LogP contribution is -2.29. The van der Waals surface area contributed by atoms with E-state index in [-0.39, 0.29) is 38.8 Å². The van der Waals surface area contributed by atoms with Gasteiger partial charge in [-0.2, -0.15) is 5.26 Å². The number of esters is 1. The molecule has 2 heterocycles. The van der Waals surface area contributed by atoms with Gasteiger partial charge in [-0.25, -0.2) is 14.7 Å². The zero-order valence-corrected chi connectivity index (χ0v) is 19.1. The van der Waals surface area contributed by atoms with Gasteiger partial charge in [0.2, 0.25) is 0 Å². The highest BCUT2D eigenvalue weighted by Crippen LogP contribution is 2.33. The van der Waals surface area contributed by atoms with E-state index in [0.717, 1.165) is 4.90 Å². The lowest BCUT2D eigenvalue weighted by Gasteiger charge is -2.15. The maximum Gasteiger partial charge on any atom is 0.338 e. The number of carbonyl (C=O) groups is 3. The predicted octanol–water partition coefficient (Wildman–Crippen LogP) is 4.67. The molecular formula is C26H15ClN4O5. The fraction of sp³-hybridized carbons (Fsp3) is 0.0385. The van der Waals surface area contributed by atoms with Crippen LogP contribution in [0.4, 0.5) is 5.69 Å². The number of fused-ring (bicyclic) bond motifs is 2. The van der Waals surface area contributed by atoms with E-state index in [2.05, 4.69) is 9.97 Å². The Morgan fingerprint density at radius 2 is 1.78 bits per heavy atom. The Bertz CT molecular complexity index is 1620. The van der Waals surface area contributed by atoms with Gasteiger partial charge in [-0.15, -0.1) is 0 Å². The molecule has 3 aromatic carbocycles. The number of hydrogen-bond donors (Lipinski definition) is 2. The van der Waals surface area contributed by atoms with Crippen LogP contribution in [0.5, 0.6) is 0 Å². The molecule has 0 aliphatic carbocycles. The summed E-state index contributed by atoms with van der Waals surface area (Å²) in [7, 11) is 0. The zero-order valence-electron chi connectivity index (χ0n) is 18.4. The Labute approximate surface area is 208 Å². The molecule has 5 rings (SSSR count). The number of aromatic amines is 1. The van der Waals surface area contributed by atoms with Crippen LogP contribution in [0.1, 0.15) is 36.9 Å². The fourth-order valence-corrected chi connectivity index (χ4v) is 4.05. The average molecular weight is 499 g/mol. The summed E-state index contributed by atoms with van der Waals surface area (Å²) in [6, 6.07) is 19.3. The van der Waals surface area contributed by atoms with Crippen molar-refractivity contribution < 1.29 is 24.2 Å². The highest BCUT2D eigenvalue weighted by molar-refractivity contribution is 6.39. The maximum atomic E-state index is 13.0. The highest BCUT2D eigenvalue weighted by atomic mass is 35.5. The van der Waals surface area contributed by atoms with Gasteiger partial charge in [-0.05, 0) is 42.5 Å². The Morgan fingerprint density at radius 3 is 2.53 bits per heavy atom. The smallest absolute Gasteiger partial charge is 0.338 e. The number of nitriles is 1. The third kappa shape index (κ3) is 3.85. The minimum absolute atomic E-state index is 0.00838. The number of amides is 2. The minimum Gasteiger partial charge on any atom is -0.507 e. The van der Waals surface area contributed by atoms with Crippen LogP contribution in [-0.4, -0.2) is 39.5 Å². The van der Waals surface area contributed by atoms with E-state index >= 15 is 0 Å².